The van der Waals surface area contributed by atoms with Gasteiger partial charge in [-0.15, -0.1) is 0 Å². The fourth-order valence-corrected chi connectivity index (χ4v) is 2.78. The molecule has 3 amide bonds. The van der Waals surface area contributed by atoms with Crippen LogP contribution in [0, 0.1) is 0 Å². The van der Waals surface area contributed by atoms with Crippen molar-refractivity contribution in [3.8, 4) is 0 Å². The molecule has 1 aliphatic heterocycles. The maximum atomic E-state index is 12.2. The number of hydrogen-bond acceptors (Lipinski definition) is 4. The quantitative estimate of drug-likeness (QED) is 0.832. The number of aryl methyl sites for hydroxylation is 2. The number of carbonyl (C=O) groups is 2. The summed E-state index contributed by atoms with van der Waals surface area (Å²) in [6, 6.07) is 8.92. The second kappa shape index (κ2) is 7.90. The molecule has 1 aromatic carbocycles. The number of anilines is 2. The predicted octanol–water partition coefficient (Wildman–Crippen LogP) is 2.97. The smallest absolute Gasteiger partial charge is 0.410 e. The average Bonchev–Trinajstić information content (AvgIpc) is 3.16. The molecule has 0 saturated carbocycles. The minimum atomic E-state index is -0.327. The highest BCUT2D eigenvalue weighted by molar-refractivity contribution is 5.99. The molecular formula is C18H23N5O3. The van der Waals surface area contributed by atoms with E-state index in [2.05, 4.69) is 22.7 Å². The largest absolute Gasteiger partial charge is 0.448 e. The lowest BCUT2D eigenvalue weighted by molar-refractivity contribution is 0.157. The van der Waals surface area contributed by atoms with Crippen molar-refractivity contribution in [1.29, 1.82) is 0 Å². The zero-order chi connectivity index (χ0) is 18.5. The number of nitrogens with one attached hydrogen (secondary N) is 2. The van der Waals surface area contributed by atoms with Gasteiger partial charge in [0.15, 0.2) is 0 Å². The molecule has 1 saturated heterocycles. The highest BCUT2D eigenvalue weighted by Gasteiger charge is 2.21. The maximum Gasteiger partial charge on any atom is 0.410 e. The molecular weight excluding hydrogens is 334 g/mol. The molecule has 2 aromatic rings. The van der Waals surface area contributed by atoms with Crippen LogP contribution in [0.2, 0.25) is 0 Å². The molecule has 1 aliphatic rings. The van der Waals surface area contributed by atoms with Crippen LogP contribution in [0.4, 0.5) is 21.1 Å². The standard InChI is InChI=1S/C18H23N5O3/c1-3-4-15-11-16(22(2)21-15)20-17(24)19-14-7-5-13(6-8-14)12-23-9-10-26-18(23)25/h5-8,11H,3-4,9-10,12H2,1-2H3,(H2,19,20,24). The van der Waals surface area contributed by atoms with E-state index in [1.807, 2.05) is 30.3 Å². The average molecular weight is 357 g/mol. The highest BCUT2D eigenvalue weighted by atomic mass is 16.6. The van der Waals surface area contributed by atoms with Gasteiger partial charge in [0.05, 0.1) is 12.2 Å². The van der Waals surface area contributed by atoms with E-state index in [1.54, 1.807) is 16.6 Å². The zero-order valence-electron chi connectivity index (χ0n) is 15.0. The normalized spacial score (nSPS) is 13.6. The van der Waals surface area contributed by atoms with E-state index in [-0.39, 0.29) is 12.1 Å². The number of benzene rings is 1. The Morgan fingerprint density at radius 2 is 2.04 bits per heavy atom. The first-order chi connectivity index (χ1) is 12.5. The van der Waals surface area contributed by atoms with Gasteiger partial charge >= 0.3 is 12.1 Å². The number of carbonyl (C=O) groups excluding carboxylic acids is 2. The molecule has 0 aliphatic carbocycles. The third-order valence-corrected chi connectivity index (χ3v) is 4.11. The van der Waals surface area contributed by atoms with Crippen molar-refractivity contribution in [1.82, 2.24) is 14.7 Å². The molecule has 138 valence electrons. The molecule has 8 heteroatoms. The Hall–Kier alpha value is -3.03. The summed E-state index contributed by atoms with van der Waals surface area (Å²) in [7, 11) is 1.80. The maximum absolute atomic E-state index is 12.2. The van der Waals surface area contributed by atoms with E-state index >= 15 is 0 Å². The lowest BCUT2D eigenvalue weighted by Crippen LogP contribution is -2.23. The molecule has 2 heterocycles. The molecule has 3 rings (SSSR count). The number of aromatic nitrogens is 2. The Morgan fingerprint density at radius 1 is 1.27 bits per heavy atom. The topological polar surface area (TPSA) is 88.5 Å². The minimum Gasteiger partial charge on any atom is -0.448 e. The van der Waals surface area contributed by atoms with Gasteiger partial charge in [0.25, 0.3) is 0 Å². The minimum absolute atomic E-state index is 0.287. The van der Waals surface area contributed by atoms with Crippen LogP contribution in [0.1, 0.15) is 24.6 Å². The number of nitrogens with zero attached hydrogens (tertiary/aromatic N) is 3. The first kappa shape index (κ1) is 17.8. The highest BCUT2D eigenvalue weighted by Crippen LogP contribution is 2.15. The number of rotatable bonds is 6. The van der Waals surface area contributed by atoms with Crippen molar-refractivity contribution in [2.45, 2.75) is 26.3 Å². The van der Waals surface area contributed by atoms with Gasteiger partial charge in [-0.25, -0.2) is 9.59 Å². The Balaban J connectivity index is 1.55. The molecule has 0 spiro atoms. The molecule has 0 atom stereocenters. The van der Waals surface area contributed by atoms with Gasteiger partial charge < -0.3 is 15.0 Å². The van der Waals surface area contributed by atoms with Gasteiger partial charge in [0.2, 0.25) is 0 Å². The second-order valence-corrected chi connectivity index (χ2v) is 6.21. The number of hydrogen-bond donors (Lipinski definition) is 2. The van der Waals surface area contributed by atoms with E-state index in [4.69, 9.17) is 4.74 Å². The second-order valence-electron chi connectivity index (χ2n) is 6.21. The van der Waals surface area contributed by atoms with E-state index in [0.717, 1.165) is 24.1 Å². The van der Waals surface area contributed by atoms with Gasteiger partial charge in [-0.3, -0.25) is 10.00 Å². The van der Waals surface area contributed by atoms with Crippen LogP contribution in [0.15, 0.2) is 30.3 Å². The van der Waals surface area contributed by atoms with E-state index in [0.29, 0.717) is 31.2 Å². The number of amides is 3. The molecule has 0 unspecified atom stereocenters. The molecule has 8 nitrogen and oxygen atoms in total. The molecule has 2 N–H and O–H groups in total. The van der Waals surface area contributed by atoms with Crippen LogP contribution in [0.25, 0.3) is 0 Å². The summed E-state index contributed by atoms with van der Waals surface area (Å²) in [4.78, 5) is 25.3. The summed E-state index contributed by atoms with van der Waals surface area (Å²) in [5, 5.41) is 9.95. The van der Waals surface area contributed by atoms with Gasteiger partial charge in [0, 0.05) is 25.3 Å². The van der Waals surface area contributed by atoms with Crippen LogP contribution >= 0.6 is 0 Å². The van der Waals surface area contributed by atoms with Crippen molar-refractivity contribution in [3.63, 3.8) is 0 Å². The Morgan fingerprint density at radius 3 is 2.69 bits per heavy atom. The van der Waals surface area contributed by atoms with Gasteiger partial charge in [-0.1, -0.05) is 25.5 Å². The predicted molar refractivity (Wildman–Crippen MR) is 98.0 cm³/mol. The van der Waals surface area contributed by atoms with Crippen molar-refractivity contribution in [2.24, 2.45) is 7.05 Å². The monoisotopic (exact) mass is 357 g/mol. The summed E-state index contributed by atoms with van der Waals surface area (Å²) in [5.41, 5.74) is 2.60. The van der Waals surface area contributed by atoms with Crippen molar-refractivity contribution in [2.75, 3.05) is 23.8 Å². The van der Waals surface area contributed by atoms with Gasteiger partial charge in [0.1, 0.15) is 12.4 Å². The summed E-state index contributed by atoms with van der Waals surface area (Å²) in [6.45, 7) is 3.63. The molecule has 1 aromatic heterocycles. The summed E-state index contributed by atoms with van der Waals surface area (Å²) in [6.07, 6.45) is 1.60. The first-order valence-corrected chi connectivity index (χ1v) is 8.66. The van der Waals surface area contributed by atoms with Crippen molar-refractivity contribution < 1.29 is 14.3 Å². The zero-order valence-corrected chi connectivity index (χ0v) is 15.0. The van der Waals surface area contributed by atoms with Crippen LogP contribution in [-0.2, 0) is 24.8 Å². The fourth-order valence-electron chi connectivity index (χ4n) is 2.78. The third-order valence-electron chi connectivity index (χ3n) is 4.11. The first-order valence-electron chi connectivity index (χ1n) is 8.66. The summed E-state index contributed by atoms with van der Waals surface area (Å²) < 4.78 is 6.57. The molecule has 0 radical (unpaired) electrons. The fraction of sp³-hybridized carbons (Fsp3) is 0.389. The summed E-state index contributed by atoms with van der Waals surface area (Å²) >= 11 is 0. The number of cyclic esters (lactones) is 1. The lowest BCUT2D eigenvalue weighted by Gasteiger charge is -2.13. The van der Waals surface area contributed by atoms with Crippen molar-refractivity contribution in [3.05, 3.63) is 41.6 Å². The Kier molecular flexibility index (Phi) is 5.40. The van der Waals surface area contributed by atoms with Gasteiger partial charge in [-0.05, 0) is 24.1 Å². The van der Waals surface area contributed by atoms with Crippen LogP contribution in [0.3, 0.4) is 0 Å². The molecule has 26 heavy (non-hydrogen) atoms. The van der Waals surface area contributed by atoms with Crippen molar-refractivity contribution >= 4 is 23.6 Å². The van der Waals surface area contributed by atoms with Crippen LogP contribution in [-0.4, -0.2) is 40.0 Å². The SMILES string of the molecule is CCCc1cc(NC(=O)Nc2ccc(CN3CCOC3=O)cc2)n(C)n1. The molecule has 0 bridgehead atoms. The Bertz CT molecular complexity index is 785. The molecule has 1 fully saturated rings. The lowest BCUT2D eigenvalue weighted by atomic mass is 10.2. The van der Waals surface area contributed by atoms with Crippen LogP contribution < -0.4 is 10.6 Å². The van der Waals surface area contributed by atoms with E-state index in [1.165, 1.54) is 0 Å². The van der Waals surface area contributed by atoms with Gasteiger partial charge in [-0.2, -0.15) is 5.10 Å². The Labute approximate surface area is 152 Å². The van der Waals surface area contributed by atoms with E-state index < -0.39 is 0 Å². The van der Waals surface area contributed by atoms with Crippen LogP contribution in [0.5, 0.6) is 0 Å². The third kappa shape index (κ3) is 4.33. The summed E-state index contributed by atoms with van der Waals surface area (Å²) in [5.74, 6) is 0.648. The van der Waals surface area contributed by atoms with E-state index in [9.17, 15) is 9.59 Å². The number of ether oxygens (including phenoxy) is 1. The number of urea groups is 1.